The summed E-state index contributed by atoms with van der Waals surface area (Å²) in [4.78, 5) is 3.98. The fourth-order valence-electron chi connectivity index (χ4n) is 1.51. The minimum Gasteiger partial charge on any atom is -0.312 e. The number of rotatable bonds is 5. The van der Waals surface area contributed by atoms with Crippen LogP contribution in [-0.2, 0) is 6.42 Å². The van der Waals surface area contributed by atoms with Crippen LogP contribution in [0.4, 0.5) is 0 Å². The molecule has 3 heteroatoms. The van der Waals surface area contributed by atoms with Crippen LogP contribution in [0, 0.1) is 0 Å². The topological polar surface area (TPSA) is 24.9 Å². The number of halogens is 1. The third kappa shape index (κ3) is 5.47. The summed E-state index contributed by atoms with van der Waals surface area (Å²) >= 11 is 6.03. The van der Waals surface area contributed by atoms with Crippen LogP contribution in [0.5, 0.6) is 0 Å². The van der Waals surface area contributed by atoms with Crippen molar-refractivity contribution in [2.24, 2.45) is 0 Å². The molecule has 0 saturated heterocycles. The van der Waals surface area contributed by atoms with Gasteiger partial charge in [0, 0.05) is 17.9 Å². The third-order valence-electron chi connectivity index (χ3n) is 2.38. The fourth-order valence-corrected chi connectivity index (χ4v) is 1.72. The molecule has 0 amide bonds. The van der Waals surface area contributed by atoms with Gasteiger partial charge in [-0.2, -0.15) is 0 Å². The highest BCUT2D eigenvalue weighted by Gasteiger charge is 2.07. The standard InChI is InChI=1S/C13H21ClN2/c1-13(2,3)16-8-5-4-6-11-7-9-15-10-12(11)14/h7,9-10,16H,4-6,8H2,1-3H3. The Morgan fingerprint density at radius 2 is 2.06 bits per heavy atom. The first-order valence-electron chi connectivity index (χ1n) is 5.82. The van der Waals surface area contributed by atoms with Crippen LogP contribution in [-0.4, -0.2) is 17.1 Å². The zero-order chi connectivity index (χ0) is 12.0. The maximum atomic E-state index is 6.03. The maximum Gasteiger partial charge on any atom is 0.0621 e. The second-order valence-corrected chi connectivity index (χ2v) is 5.51. The third-order valence-corrected chi connectivity index (χ3v) is 2.72. The molecule has 1 N–H and O–H groups in total. The molecule has 90 valence electrons. The largest absolute Gasteiger partial charge is 0.312 e. The average Bonchev–Trinajstić information content (AvgIpc) is 2.18. The second kappa shape index (κ2) is 6.21. The van der Waals surface area contributed by atoms with Crippen LogP contribution >= 0.6 is 11.6 Å². The van der Waals surface area contributed by atoms with Gasteiger partial charge in [0.2, 0.25) is 0 Å². The van der Waals surface area contributed by atoms with Crippen LogP contribution in [0.25, 0.3) is 0 Å². The number of nitrogens with zero attached hydrogens (tertiary/aromatic N) is 1. The van der Waals surface area contributed by atoms with E-state index in [0.717, 1.165) is 24.4 Å². The van der Waals surface area contributed by atoms with E-state index in [9.17, 15) is 0 Å². The molecule has 0 atom stereocenters. The second-order valence-electron chi connectivity index (χ2n) is 5.10. The van der Waals surface area contributed by atoms with Crippen molar-refractivity contribution in [2.45, 2.75) is 45.6 Å². The minimum atomic E-state index is 0.217. The van der Waals surface area contributed by atoms with Gasteiger partial charge in [0.15, 0.2) is 0 Å². The van der Waals surface area contributed by atoms with Crippen LogP contribution in [0.3, 0.4) is 0 Å². The Hall–Kier alpha value is -0.600. The van der Waals surface area contributed by atoms with Crippen LogP contribution in [0.15, 0.2) is 18.5 Å². The highest BCUT2D eigenvalue weighted by atomic mass is 35.5. The molecular weight excluding hydrogens is 220 g/mol. The van der Waals surface area contributed by atoms with Gasteiger partial charge in [-0.25, -0.2) is 0 Å². The van der Waals surface area contributed by atoms with Crippen molar-refractivity contribution in [1.29, 1.82) is 0 Å². The van der Waals surface area contributed by atoms with E-state index < -0.39 is 0 Å². The van der Waals surface area contributed by atoms with Gasteiger partial charge in [-0.15, -0.1) is 0 Å². The van der Waals surface area contributed by atoms with Crippen molar-refractivity contribution in [3.05, 3.63) is 29.0 Å². The molecule has 2 nitrogen and oxygen atoms in total. The van der Waals surface area contributed by atoms with Crippen molar-refractivity contribution in [1.82, 2.24) is 10.3 Å². The highest BCUT2D eigenvalue weighted by molar-refractivity contribution is 6.31. The molecule has 1 aromatic heterocycles. The number of hydrogen-bond donors (Lipinski definition) is 1. The Morgan fingerprint density at radius 1 is 1.31 bits per heavy atom. The fraction of sp³-hybridized carbons (Fsp3) is 0.615. The van der Waals surface area contributed by atoms with Crippen molar-refractivity contribution >= 4 is 11.6 Å². The molecular formula is C13H21ClN2. The average molecular weight is 241 g/mol. The molecule has 0 saturated carbocycles. The van der Waals surface area contributed by atoms with Gasteiger partial charge in [-0.05, 0) is 58.2 Å². The molecule has 0 bridgehead atoms. The number of pyridine rings is 1. The summed E-state index contributed by atoms with van der Waals surface area (Å²) in [5.74, 6) is 0. The Kier molecular flexibility index (Phi) is 5.23. The maximum absolute atomic E-state index is 6.03. The zero-order valence-electron chi connectivity index (χ0n) is 10.4. The summed E-state index contributed by atoms with van der Waals surface area (Å²) in [5, 5.41) is 4.26. The van der Waals surface area contributed by atoms with E-state index in [1.807, 2.05) is 6.07 Å². The smallest absolute Gasteiger partial charge is 0.0621 e. The minimum absolute atomic E-state index is 0.217. The first kappa shape index (κ1) is 13.5. The highest BCUT2D eigenvalue weighted by Crippen LogP contribution is 2.15. The summed E-state index contributed by atoms with van der Waals surface area (Å²) in [6.45, 7) is 7.62. The molecule has 16 heavy (non-hydrogen) atoms. The number of unbranched alkanes of at least 4 members (excludes halogenated alkanes) is 1. The Bertz CT molecular complexity index is 318. The van der Waals surface area contributed by atoms with Gasteiger partial charge in [-0.1, -0.05) is 11.6 Å². The molecule has 1 heterocycles. The van der Waals surface area contributed by atoms with Gasteiger partial charge in [0.1, 0.15) is 0 Å². The lowest BCUT2D eigenvalue weighted by molar-refractivity contribution is 0.419. The lowest BCUT2D eigenvalue weighted by atomic mass is 10.1. The lowest BCUT2D eigenvalue weighted by Crippen LogP contribution is -2.36. The zero-order valence-corrected chi connectivity index (χ0v) is 11.1. The Labute approximate surface area is 103 Å². The lowest BCUT2D eigenvalue weighted by Gasteiger charge is -2.20. The van der Waals surface area contributed by atoms with Gasteiger partial charge in [0.25, 0.3) is 0 Å². The van der Waals surface area contributed by atoms with E-state index in [0.29, 0.717) is 0 Å². The van der Waals surface area contributed by atoms with Gasteiger partial charge in [0.05, 0.1) is 5.02 Å². The molecule has 0 fully saturated rings. The summed E-state index contributed by atoms with van der Waals surface area (Å²) in [7, 11) is 0. The van der Waals surface area contributed by atoms with E-state index in [1.165, 1.54) is 12.0 Å². The number of aryl methyl sites for hydroxylation is 1. The van der Waals surface area contributed by atoms with E-state index in [-0.39, 0.29) is 5.54 Å². The number of aromatic nitrogens is 1. The normalized spacial score (nSPS) is 11.8. The molecule has 0 aliphatic heterocycles. The van der Waals surface area contributed by atoms with Crippen LogP contribution < -0.4 is 5.32 Å². The molecule has 0 radical (unpaired) electrons. The quantitative estimate of drug-likeness (QED) is 0.798. The van der Waals surface area contributed by atoms with Gasteiger partial charge < -0.3 is 5.32 Å². The monoisotopic (exact) mass is 240 g/mol. The Balaban J connectivity index is 2.19. The van der Waals surface area contributed by atoms with Crippen LogP contribution in [0.1, 0.15) is 39.2 Å². The summed E-state index contributed by atoms with van der Waals surface area (Å²) < 4.78 is 0. The van der Waals surface area contributed by atoms with Crippen molar-refractivity contribution < 1.29 is 0 Å². The van der Waals surface area contributed by atoms with E-state index in [2.05, 4.69) is 31.1 Å². The summed E-state index contributed by atoms with van der Waals surface area (Å²) in [6, 6.07) is 2.00. The van der Waals surface area contributed by atoms with Gasteiger partial charge in [-0.3, -0.25) is 4.98 Å². The van der Waals surface area contributed by atoms with Crippen molar-refractivity contribution in [2.75, 3.05) is 6.54 Å². The molecule has 0 aliphatic carbocycles. The van der Waals surface area contributed by atoms with E-state index in [1.54, 1.807) is 12.4 Å². The van der Waals surface area contributed by atoms with Crippen LogP contribution in [0.2, 0.25) is 5.02 Å². The van der Waals surface area contributed by atoms with E-state index >= 15 is 0 Å². The molecule has 1 aromatic rings. The first-order chi connectivity index (χ1) is 7.49. The molecule has 0 unspecified atom stereocenters. The molecule has 0 spiro atoms. The van der Waals surface area contributed by atoms with Crippen molar-refractivity contribution in [3.63, 3.8) is 0 Å². The first-order valence-corrected chi connectivity index (χ1v) is 6.20. The molecule has 0 aromatic carbocycles. The predicted molar refractivity (Wildman–Crippen MR) is 69.9 cm³/mol. The SMILES string of the molecule is CC(C)(C)NCCCCc1ccncc1Cl. The Morgan fingerprint density at radius 3 is 2.69 bits per heavy atom. The molecule has 0 aliphatic rings. The predicted octanol–water partition coefficient (Wildman–Crippen LogP) is 3.45. The summed E-state index contributed by atoms with van der Waals surface area (Å²) in [6.07, 6.45) is 6.88. The van der Waals surface area contributed by atoms with Crippen molar-refractivity contribution in [3.8, 4) is 0 Å². The number of nitrogens with one attached hydrogen (secondary N) is 1. The molecule has 1 rings (SSSR count). The number of hydrogen-bond acceptors (Lipinski definition) is 2. The van der Waals surface area contributed by atoms with E-state index in [4.69, 9.17) is 11.6 Å². The summed E-state index contributed by atoms with van der Waals surface area (Å²) in [5.41, 5.74) is 1.42. The van der Waals surface area contributed by atoms with Gasteiger partial charge >= 0.3 is 0 Å².